The zero-order chi connectivity index (χ0) is 25.9. The number of Topliss-reactive ketones (excluding diaryl/α,β-unsaturated/α-hetero) is 1. The van der Waals surface area contributed by atoms with Crippen LogP contribution in [0.15, 0.2) is 72.3 Å². The van der Waals surface area contributed by atoms with E-state index in [1.807, 2.05) is 6.08 Å². The van der Waals surface area contributed by atoms with Gasteiger partial charge in [0.1, 0.15) is 0 Å². The van der Waals surface area contributed by atoms with E-state index < -0.39 is 16.6 Å². The number of benzene rings is 2. The lowest BCUT2D eigenvalue weighted by Gasteiger charge is -2.43. The fourth-order valence-electron chi connectivity index (χ4n) is 4.83. The maximum absolute atomic E-state index is 12.8. The van der Waals surface area contributed by atoms with Gasteiger partial charge >= 0.3 is 0 Å². The van der Waals surface area contributed by atoms with Crippen LogP contribution in [0.5, 0.6) is 0 Å². The summed E-state index contributed by atoms with van der Waals surface area (Å²) in [7, 11) is -4.50. The Bertz CT molecular complexity index is 976. The Morgan fingerprint density at radius 1 is 0.857 bits per heavy atom. The van der Waals surface area contributed by atoms with Crippen molar-refractivity contribution in [1.82, 2.24) is 0 Å². The molecular weight excluding hydrogens is 464 g/mol. The molecule has 0 aliphatic heterocycles. The molecule has 0 unspecified atom stereocenters. The van der Waals surface area contributed by atoms with E-state index in [1.165, 1.54) is 10.4 Å². The highest BCUT2D eigenvalue weighted by Crippen LogP contribution is 2.40. The molecule has 0 heterocycles. The van der Waals surface area contributed by atoms with Crippen molar-refractivity contribution >= 4 is 32.8 Å². The molecule has 0 saturated heterocycles. The zero-order valence-electron chi connectivity index (χ0n) is 23.0. The molecule has 190 valence electrons. The maximum Gasteiger partial charge on any atom is 0.261 e. The number of hydrogen-bond donors (Lipinski definition) is 0. The number of hydrogen-bond acceptors (Lipinski definition) is 3. The summed E-state index contributed by atoms with van der Waals surface area (Å²) in [5.74, 6) is 0.242. The minimum Gasteiger partial charge on any atom is -0.414 e. The van der Waals surface area contributed by atoms with Crippen molar-refractivity contribution in [3.63, 3.8) is 0 Å². The molecule has 1 aliphatic rings. The lowest BCUT2D eigenvalue weighted by atomic mass is 9.91. The lowest BCUT2D eigenvalue weighted by molar-refractivity contribution is -0.117. The SMILES string of the molecule is CC(C)(C)[Si](C)(C)O[C@H]1CCC(=O)/C(=C/CO[Si](c2ccccc2)(c2ccccc2)C(C)(C)C)C1. The van der Waals surface area contributed by atoms with E-state index in [0.717, 1.165) is 12.0 Å². The van der Waals surface area contributed by atoms with E-state index in [1.54, 1.807) is 0 Å². The Morgan fingerprint density at radius 2 is 1.37 bits per heavy atom. The van der Waals surface area contributed by atoms with Crippen LogP contribution in [0.3, 0.4) is 0 Å². The first-order valence-electron chi connectivity index (χ1n) is 12.9. The Kier molecular flexibility index (Phi) is 8.47. The first-order valence-corrected chi connectivity index (χ1v) is 17.7. The van der Waals surface area contributed by atoms with Crippen LogP contribution in [0, 0.1) is 0 Å². The van der Waals surface area contributed by atoms with Gasteiger partial charge in [-0.1, -0.05) is 108 Å². The van der Waals surface area contributed by atoms with Crippen molar-refractivity contribution in [3.05, 3.63) is 72.3 Å². The summed E-state index contributed by atoms with van der Waals surface area (Å²) in [4.78, 5) is 12.8. The van der Waals surface area contributed by atoms with E-state index in [9.17, 15) is 4.79 Å². The molecule has 3 nitrogen and oxygen atoms in total. The van der Waals surface area contributed by atoms with Crippen LogP contribution in [0.1, 0.15) is 60.8 Å². The van der Waals surface area contributed by atoms with Crippen LogP contribution in [-0.4, -0.2) is 35.1 Å². The fraction of sp³-hybridized carbons (Fsp3) is 0.500. The van der Waals surface area contributed by atoms with Crippen LogP contribution in [0.4, 0.5) is 0 Å². The fourth-order valence-corrected chi connectivity index (χ4v) is 10.7. The monoisotopic (exact) mass is 508 g/mol. The second kappa shape index (κ2) is 10.7. The van der Waals surface area contributed by atoms with Gasteiger partial charge in [-0.05, 0) is 45.5 Å². The molecule has 1 saturated carbocycles. The number of rotatable bonds is 7. The summed E-state index contributed by atoms with van der Waals surface area (Å²) < 4.78 is 13.7. The van der Waals surface area contributed by atoms with Gasteiger partial charge in [-0.3, -0.25) is 4.79 Å². The first kappa shape index (κ1) is 27.8. The van der Waals surface area contributed by atoms with E-state index in [0.29, 0.717) is 19.4 Å². The molecule has 1 aliphatic carbocycles. The molecule has 2 aromatic carbocycles. The molecule has 1 atom stereocenters. The van der Waals surface area contributed by atoms with Crippen LogP contribution in [-0.2, 0) is 13.6 Å². The molecule has 5 heteroatoms. The normalized spacial score (nSPS) is 19.3. The van der Waals surface area contributed by atoms with Gasteiger partial charge in [0.05, 0.1) is 6.61 Å². The van der Waals surface area contributed by atoms with Gasteiger partial charge in [0, 0.05) is 18.9 Å². The van der Waals surface area contributed by atoms with Crippen LogP contribution < -0.4 is 10.4 Å². The van der Waals surface area contributed by atoms with Crippen molar-refractivity contribution in [3.8, 4) is 0 Å². The Balaban J connectivity index is 1.89. The van der Waals surface area contributed by atoms with Crippen molar-refractivity contribution in [2.75, 3.05) is 6.61 Å². The quantitative estimate of drug-likeness (QED) is 0.311. The average Bonchev–Trinajstić information content (AvgIpc) is 2.78. The van der Waals surface area contributed by atoms with E-state index in [2.05, 4.69) is 115 Å². The molecule has 1 fully saturated rings. The Labute approximate surface area is 215 Å². The third-order valence-corrected chi connectivity index (χ3v) is 17.4. The predicted molar refractivity (Wildman–Crippen MR) is 153 cm³/mol. The Morgan fingerprint density at radius 3 is 1.83 bits per heavy atom. The summed E-state index contributed by atoms with van der Waals surface area (Å²) in [6.45, 7) is 18.6. The zero-order valence-corrected chi connectivity index (χ0v) is 25.0. The highest BCUT2D eigenvalue weighted by Gasteiger charge is 2.50. The minimum absolute atomic E-state index is 0.0846. The molecular formula is C30H44O3Si2. The van der Waals surface area contributed by atoms with Crippen LogP contribution in [0.2, 0.25) is 23.2 Å². The van der Waals surface area contributed by atoms with E-state index in [4.69, 9.17) is 8.85 Å². The number of carbonyl (C=O) groups is 1. The van der Waals surface area contributed by atoms with Gasteiger partial charge in [0.15, 0.2) is 14.1 Å². The van der Waals surface area contributed by atoms with Gasteiger partial charge in [-0.2, -0.15) is 0 Å². The highest BCUT2D eigenvalue weighted by molar-refractivity contribution is 6.99. The molecule has 0 amide bonds. The average molecular weight is 509 g/mol. The summed E-state index contributed by atoms with van der Waals surface area (Å²) in [5.41, 5.74) is 0.873. The third kappa shape index (κ3) is 6.13. The van der Waals surface area contributed by atoms with Crippen molar-refractivity contribution < 1.29 is 13.6 Å². The molecule has 0 radical (unpaired) electrons. The summed E-state index contributed by atoms with van der Waals surface area (Å²) in [6.07, 6.45) is 4.23. The number of carbonyl (C=O) groups excluding carboxylic acids is 1. The lowest BCUT2D eigenvalue weighted by Crippen LogP contribution is -2.66. The van der Waals surface area contributed by atoms with E-state index in [-0.39, 0.29) is 22.0 Å². The van der Waals surface area contributed by atoms with E-state index >= 15 is 0 Å². The van der Waals surface area contributed by atoms with Gasteiger partial charge in [0.25, 0.3) is 8.32 Å². The largest absolute Gasteiger partial charge is 0.414 e. The standard InChI is InChI=1S/C30H44O3Si2/c1-29(2,3)34(7,8)33-25-19-20-28(31)24(23-25)21-22-32-35(30(4,5)6,26-15-11-9-12-16-26)27-17-13-10-14-18-27/h9-18,21,25H,19-20,22-23H2,1-8H3/b24-21+/t25-/m0/s1. The minimum atomic E-state index is -2.62. The van der Waals surface area contributed by atoms with Crippen molar-refractivity contribution in [1.29, 1.82) is 0 Å². The summed E-state index contributed by atoms with van der Waals surface area (Å²) in [6, 6.07) is 21.3. The smallest absolute Gasteiger partial charge is 0.261 e. The van der Waals surface area contributed by atoms with Gasteiger partial charge in [-0.15, -0.1) is 0 Å². The van der Waals surface area contributed by atoms with Gasteiger partial charge in [-0.25, -0.2) is 0 Å². The molecule has 2 aromatic rings. The van der Waals surface area contributed by atoms with Crippen molar-refractivity contribution in [2.24, 2.45) is 0 Å². The maximum atomic E-state index is 12.8. The van der Waals surface area contributed by atoms with Gasteiger partial charge in [0.2, 0.25) is 0 Å². The molecule has 0 bridgehead atoms. The summed E-state index contributed by atoms with van der Waals surface area (Å²) in [5, 5.41) is 2.58. The van der Waals surface area contributed by atoms with Crippen LogP contribution >= 0.6 is 0 Å². The molecule has 0 aromatic heterocycles. The highest BCUT2D eigenvalue weighted by atomic mass is 28.4. The third-order valence-electron chi connectivity index (χ3n) is 7.81. The topological polar surface area (TPSA) is 35.5 Å². The first-order chi connectivity index (χ1) is 16.3. The second-order valence-corrected chi connectivity index (χ2v) is 21.4. The molecule has 0 N–H and O–H groups in total. The van der Waals surface area contributed by atoms with Crippen molar-refractivity contribution in [2.45, 2.75) is 90.1 Å². The van der Waals surface area contributed by atoms with Crippen LogP contribution in [0.25, 0.3) is 0 Å². The molecule has 0 spiro atoms. The number of ketones is 1. The molecule has 35 heavy (non-hydrogen) atoms. The predicted octanol–water partition coefficient (Wildman–Crippen LogP) is 6.63. The second-order valence-electron chi connectivity index (χ2n) is 12.4. The molecule has 3 rings (SSSR count). The van der Waals surface area contributed by atoms with Gasteiger partial charge < -0.3 is 8.85 Å². The Hall–Kier alpha value is -1.80. The summed E-state index contributed by atoms with van der Waals surface area (Å²) >= 11 is 0.